The maximum atomic E-state index is 12.7. The van der Waals surface area contributed by atoms with E-state index < -0.39 is 0 Å². The second kappa shape index (κ2) is 6.73. The van der Waals surface area contributed by atoms with E-state index in [0.29, 0.717) is 13.0 Å². The predicted octanol–water partition coefficient (Wildman–Crippen LogP) is 4.14. The lowest BCUT2D eigenvalue weighted by Crippen LogP contribution is -2.59. The van der Waals surface area contributed by atoms with Crippen LogP contribution < -0.4 is 10.6 Å². The molecule has 0 unspecified atom stereocenters. The first-order chi connectivity index (χ1) is 13.1. The third-order valence-corrected chi connectivity index (χ3v) is 8.00. The van der Waals surface area contributed by atoms with Gasteiger partial charge in [-0.15, -0.1) is 11.3 Å². The Morgan fingerprint density at radius 1 is 1.19 bits per heavy atom. The first kappa shape index (κ1) is 17.4. The molecule has 2 aromatic heterocycles. The van der Waals surface area contributed by atoms with E-state index >= 15 is 0 Å². The van der Waals surface area contributed by atoms with E-state index in [9.17, 15) is 4.79 Å². The molecule has 0 aromatic carbocycles. The lowest BCUT2D eigenvalue weighted by atomic mass is 9.53. The normalized spacial score (nSPS) is 31.4. The molecule has 4 fully saturated rings. The Kier molecular flexibility index (Phi) is 4.34. The highest BCUT2D eigenvalue weighted by atomic mass is 32.1. The molecule has 0 saturated heterocycles. The minimum atomic E-state index is 0.109. The average Bonchev–Trinajstić information content (AvgIpc) is 3.04. The summed E-state index contributed by atoms with van der Waals surface area (Å²) in [6.45, 7) is 2.77. The van der Waals surface area contributed by atoms with Crippen LogP contribution in [0.2, 0.25) is 0 Å². The first-order valence-corrected chi connectivity index (χ1v) is 11.2. The van der Waals surface area contributed by atoms with E-state index in [1.165, 1.54) is 43.4 Å². The molecule has 0 radical (unpaired) electrons. The molecule has 0 aliphatic heterocycles. The molecule has 144 valence electrons. The Balaban J connectivity index is 1.19. The van der Waals surface area contributed by atoms with Crippen LogP contribution in [0.1, 0.15) is 56.7 Å². The van der Waals surface area contributed by atoms with Crippen molar-refractivity contribution in [3.8, 4) is 0 Å². The van der Waals surface area contributed by atoms with Crippen molar-refractivity contribution in [2.75, 3.05) is 11.9 Å². The van der Waals surface area contributed by atoms with Gasteiger partial charge in [-0.05, 0) is 68.8 Å². The highest BCUT2D eigenvalue weighted by molar-refractivity contribution is 7.18. The molecule has 1 amide bonds. The number of rotatable bonds is 6. The minimum Gasteiger partial charge on any atom is -0.369 e. The Morgan fingerprint density at radius 2 is 1.89 bits per heavy atom. The molecule has 4 saturated carbocycles. The van der Waals surface area contributed by atoms with Crippen LogP contribution in [0.5, 0.6) is 0 Å². The van der Waals surface area contributed by atoms with Gasteiger partial charge in [0.05, 0.1) is 5.39 Å². The lowest BCUT2D eigenvalue weighted by molar-refractivity contribution is -0.126. The summed E-state index contributed by atoms with van der Waals surface area (Å²) in [7, 11) is 0. The van der Waals surface area contributed by atoms with E-state index in [0.717, 1.165) is 40.2 Å². The van der Waals surface area contributed by atoms with E-state index in [-0.39, 0.29) is 11.4 Å². The van der Waals surface area contributed by atoms with Gasteiger partial charge in [0.1, 0.15) is 17.0 Å². The standard InChI is InChI=1S/C21H28N4OS/c1-2-16-8-17-19(23-12-24-20(17)27-16)22-4-3-18(26)25-21-9-13-5-14(10-21)7-15(6-13)11-21/h8,12-15H,2-7,9-11H2,1H3,(H,25,26)(H,22,23,24). The van der Waals surface area contributed by atoms with Gasteiger partial charge in [-0.3, -0.25) is 4.79 Å². The molecule has 27 heavy (non-hydrogen) atoms. The highest BCUT2D eigenvalue weighted by Crippen LogP contribution is 2.55. The molecule has 4 aliphatic carbocycles. The number of nitrogens with zero attached hydrogens (tertiary/aromatic N) is 2. The van der Waals surface area contributed by atoms with E-state index in [1.807, 2.05) is 0 Å². The van der Waals surface area contributed by atoms with Crippen molar-refractivity contribution < 1.29 is 4.79 Å². The van der Waals surface area contributed by atoms with Crippen LogP contribution in [0.15, 0.2) is 12.4 Å². The second-order valence-electron chi connectivity index (χ2n) is 8.93. The van der Waals surface area contributed by atoms with Gasteiger partial charge in [0.2, 0.25) is 5.91 Å². The zero-order valence-corrected chi connectivity index (χ0v) is 16.8. The molecule has 6 rings (SSSR count). The minimum absolute atomic E-state index is 0.109. The molecule has 0 atom stereocenters. The largest absolute Gasteiger partial charge is 0.369 e. The number of carbonyl (C=O) groups excluding carboxylic acids is 1. The average molecular weight is 385 g/mol. The Morgan fingerprint density at radius 3 is 2.56 bits per heavy atom. The lowest BCUT2D eigenvalue weighted by Gasteiger charge is -2.56. The third-order valence-electron chi connectivity index (χ3n) is 6.82. The summed E-state index contributed by atoms with van der Waals surface area (Å²) in [5, 5.41) is 7.88. The quantitative estimate of drug-likeness (QED) is 0.785. The Hall–Kier alpha value is -1.69. The van der Waals surface area contributed by atoms with Crippen molar-refractivity contribution in [2.24, 2.45) is 17.8 Å². The zero-order chi connectivity index (χ0) is 18.4. The summed E-state index contributed by atoms with van der Waals surface area (Å²) in [5.41, 5.74) is 0.109. The smallest absolute Gasteiger partial charge is 0.222 e. The molecule has 5 nitrogen and oxygen atoms in total. The number of aryl methyl sites for hydroxylation is 1. The molecular formula is C21H28N4OS. The number of aromatic nitrogens is 2. The molecule has 6 heteroatoms. The third kappa shape index (κ3) is 3.33. The summed E-state index contributed by atoms with van der Waals surface area (Å²) in [4.78, 5) is 23.7. The van der Waals surface area contributed by atoms with Crippen molar-refractivity contribution in [1.82, 2.24) is 15.3 Å². The number of amides is 1. The summed E-state index contributed by atoms with van der Waals surface area (Å²) in [6.07, 6.45) is 10.9. The highest BCUT2D eigenvalue weighted by Gasteiger charge is 2.51. The second-order valence-corrected chi connectivity index (χ2v) is 10.0. The molecule has 0 spiro atoms. The van der Waals surface area contributed by atoms with Crippen LogP contribution in [-0.2, 0) is 11.2 Å². The number of hydrogen-bond acceptors (Lipinski definition) is 5. The van der Waals surface area contributed by atoms with E-state index in [2.05, 4.69) is 33.6 Å². The number of anilines is 1. The van der Waals surface area contributed by atoms with Gasteiger partial charge >= 0.3 is 0 Å². The van der Waals surface area contributed by atoms with Crippen LogP contribution in [-0.4, -0.2) is 28.0 Å². The van der Waals surface area contributed by atoms with Crippen LogP contribution in [0.4, 0.5) is 5.82 Å². The number of carbonyl (C=O) groups is 1. The van der Waals surface area contributed by atoms with E-state index in [4.69, 9.17) is 0 Å². The number of nitrogens with one attached hydrogen (secondary N) is 2. The number of hydrogen-bond donors (Lipinski definition) is 2. The first-order valence-electron chi connectivity index (χ1n) is 10.4. The van der Waals surface area contributed by atoms with Crippen LogP contribution in [0, 0.1) is 17.8 Å². The summed E-state index contributed by atoms with van der Waals surface area (Å²) < 4.78 is 0. The maximum Gasteiger partial charge on any atom is 0.222 e. The fourth-order valence-corrected chi connectivity index (χ4v) is 7.07. The summed E-state index contributed by atoms with van der Waals surface area (Å²) in [5.74, 6) is 3.61. The van der Waals surface area contributed by atoms with Gasteiger partial charge in [0.15, 0.2) is 0 Å². The zero-order valence-electron chi connectivity index (χ0n) is 16.0. The fraction of sp³-hybridized carbons (Fsp3) is 0.667. The van der Waals surface area contributed by atoms with Gasteiger partial charge in [-0.25, -0.2) is 9.97 Å². The van der Waals surface area contributed by atoms with Crippen molar-refractivity contribution in [1.29, 1.82) is 0 Å². The van der Waals surface area contributed by atoms with E-state index in [1.54, 1.807) is 17.7 Å². The predicted molar refractivity (Wildman–Crippen MR) is 109 cm³/mol. The van der Waals surface area contributed by atoms with Gasteiger partial charge in [0, 0.05) is 23.4 Å². The molecule has 2 N–H and O–H groups in total. The van der Waals surface area contributed by atoms with Crippen molar-refractivity contribution in [3.05, 3.63) is 17.3 Å². The summed E-state index contributed by atoms with van der Waals surface area (Å²) >= 11 is 1.72. The van der Waals surface area contributed by atoms with Gasteiger partial charge in [-0.2, -0.15) is 0 Å². The van der Waals surface area contributed by atoms with Crippen molar-refractivity contribution >= 4 is 33.3 Å². The van der Waals surface area contributed by atoms with Gasteiger partial charge in [0.25, 0.3) is 0 Å². The van der Waals surface area contributed by atoms with Gasteiger partial charge in [-0.1, -0.05) is 6.92 Å². The Bertz CT molecular complexity index is 826. The Labute approximate surface area is 164 Å². The van der Waals surface area contributed by atoms with Crippen molar-refractivity contribution in [3.63, 3.8) is 0 Å². The molecular weight excluding hydrogens is 356 g/mol. The number of fused-ring (bicyclic) bond motifs is 1. The monoisotopic (exact) mass is 384 g/mol. The molecule has 4 bridgehead atoms. The molecule has 4 aliphatic rings. The van der Waals surface area contributed by atoms with Crippen LogP contribution in [0.3, 0.4) is 0 Å². The van der Waals surface area contributed by atoms with Crippen LogP contribution in [0.25, 0.3) is 10.2 Å². The number of thiophene rings is 1. The van der Waals surface area contributed by atoms with Gasteiger partial charge < -0.3 is 10.6 Å². The molecule has 2 heterocycles. The topological polar surface area (TPSA) is 66.9 Å². The SMILES string of the molecule is CCc1cc2c(NCCC(=O)NC34CC5CC(CC(C5)C3)C4)ncnc2s1. The fourth-order valence-electron chi connectivity index (χ4n) is 6.14. The summed E-state index contributed by atoms with van der Waals surface area (Å²) in [6, 6.07) is 2.16. The maximum absolute atomic E-state index is 12.7. The van der Waals surface area contributed by atoms with Crippen LogP contribution >= 0.6 is 11.3 Å². The molecule has 2 aromatic rings. The van der Waals surface area contributed by atoms with Crippen molar-refractivity contribution in [2.45, 2.75) is 63.8 Å².